The minimum Gasteiger partial charge on any atom is -0.394 e. The zero-order valence-electron chi connectivity index (χ0n) is 7.12. The summed E-state index contributed by atoms with van der Waals surface area (Å²) in [5.41, 5.74) is 0. The first-order chi connectivity index (χ1) is 5.34. The summed E-state index contributed by atoms with van der Waals surface area (Å²) >= 11 is 0. The van der Waals surface area contributed by atoms with Gasteiger partial charge in [0.1, 0.15) is 0 Å². The van der Waals surface area contributed by atoms with Crippen molar-refractivity contribution in [2.24, 2.45) is 0 Å². The Hall–Kier alpha value is -0.120. The van der Waals surface area contributed by atoms with Crippen LogP contribution in [-0.2, 0) is 4.74 Å². The zero-order valence-corrected chi connectivity index (χ0v) is 7.12. The third-order valence-corrected chi connectivity index (χ3v) is 2.22. The quantitative estimate of drug-likeness (QED) is 0.577. The molecule has 1 aliphatic heterocycles. The molecule has 0 aromatic heterocycles. The van der Waals surface area contributed by atoms with E-state index in [4.69, 9.17) is 9.84 Å². The molecule has 1 N–H and O–H groups in total. The number of likely N-dealkylation sites (tertiary alicyclic amines) is 1. The summed E-state index contributed by atoms with van der Waals surface area (Å²) in [5, 5.41) is 8.42. The van der Waals surface area contributed by atoms with E-state index in [1.54, 1.807) is 0 Å². The molecule has 0 aromatic carbocycles. The summed E-state index contributed by atoms with van der Waals surface area (Å²) in [5.74, 6) is 0. The predicted octanol–water partition coefficient (Wildman–Crippen LogP) is 0.0895. The Labute approximate surface area is 68.0 Å². The maximum atomic E-state index is 8.42. The molecular weight excluding hydrogens is 142 g/mol. The molecule has 0 aromatic rings. The van der Waals surface area contributed by atoms with Gasteiger partial charge in [-0.05, 0) is 19.9 Å². The maximum absolute atomic E-state index is 8.42. The van der Waals surface area contributed by atoms with Crippen molar-refractivity contribution in [3.8, 4) is 0 Å². The van der Waals surface area contributed by atoms with Gasteiger partial charge in [-0.1, -0.05) is 0 Å². The van der Waals surface area contributed by atoms with Crippen LogP contribution in [0.1, 0.15) is 13.3 Å². The number of nitrogens with zero attached hydrogens (tertiary/aromatic N) is 1. The van der Waals surface area contributed by atoms with Crippen LogP contribution in [0.5, 0.6) is 0 Å². The lowest BCUT2D eigenvalue weighted by atomic mass is 10.1. The molecule has 1 heterocycles. The third-order valence-electron chi connectivity index (χ3n) is 2.22. The van der Waals surface area contributed by atoms with E-state index in [9.17, 15) is 0 Å². The summed E-state index contributed by atoms with van der Waals surface area (Å²) in [6.45, 7) is 5.82. The van der Waals surface area contributed by atoms with Gasteiger partial charge < -0.3 is 9.84 Å². The van der Waals surface area contributed by atoms with E-state index in [2.05, 4.69) is 11.8 Å². The molecule has 1 aliphatic rings. The van der Waals surface area contributed by atoms with Crippen LogP contribution in [0.3, 0.4) is 0 Å². The number of rotatable bonds is 5. The van der Waals surface area contributed by atoms with Gasteiger partial charge in [-0.25, -0.2) is 0 Å². The van der Waals surface area contributed by atoms with Gasteiger partial charge in [-0.3, -0.25) is 4.90 Å². The lowest BCUT2D eigenvalue weighted by Gasteiger charge is -2.38. The lowest BCUT2D eigenvalue weighted by molar-refractivity contribution is 0.0357. The van der Waals surface area contributed by atoms with Crippen LogP contribution in [0.4, 0.5) is 0 Å². The average molecular weight is 159 g/mol. The Morgan fingerprint density at radius 3 is 2.82 bits per heavy atom. The molecule has 1 atom stereocenters. The summed E-state index contributed by atoms with van der Waals surface area (Å²) < 4.78 is 5.15. The van der Waals surface area contributed by atoms with E-state index in [1.807, 2.05) is 0 Å². The van der Waals surface area contributed by atoms with E-state index in [0.717, 1.165) is 19.2 Å². The number of ether oxygens (including phenoxy) is 1. The summed E-state index contributed by atoms with van der Waals surface area (Å²) in [7, 11) is 0. The number of hydrogen-bond acceptors (Lipinski definition) is 3. The van der Waals surface area contributed by atoms with Crippen LogP contribution in [0, 0.1) is 0 Å². The molecule has 11 heavy (non-hydrogen) atoms. The van der Waals surface area contributed by atoms with Gasteiger partial charge in [0.25, 0.3) is 0 Å². The molecule has 0 radical (unpaired) electrons. The van der Waals surface area contributed by atoms with Gasteiger partial charge >= 0.3 is 0 Å². The lowest BCUT2D eigenvalue weighted by Crippen LogP contribution is -2.47. The van der Waals surface area contributed by atoms with Gasteiger partial charge in [0.15, 0.2) is 0 Å². The Balaban J connectivity index is 1.87. The molecule has 0 spiro atoms. The van der Waals surface area contributed by atoms with Crippen molar-refractivity contribution < 1.29 is 9.84 Å². The monoisotopic (exact) mass is 159 g/mol. The van der Waals surface area contributed by atoms with E-state index in [0.29, 0.717) is 6.61 Å². The normalized spacial score (nSPS) is 25.1. The molecule has 1 saturated heterocycles. The summed E-state index contributed by atoms with van der Waals surface area (Å²) in [6.07, 6.45) is 1.32. The second-order valence-corrected chi connectivity index (χ2v) is 3.01. The number of aliphatic hydroxyl groups is 1. The molecule has 1 fully saturated rings. The molecule has 66 valence electrons. The van der Waals surface area contributed by atoms with Gasteiger partial charge in [0.05, 0.1) is 19.8 Å². The molecular formula is C8H17NO2. The Bertz CT molecular complexity index is 108. The van der Waals surface area contributed by atoms with Crippen LogP contribution < -0.4 is 0 Å². The van der Waals surface area contributed by atoms with Gasteiger partial charge in [0.2, 0.25) is 0 Å². The summed E-state index contributed by atoms with van der Waals surface area (Å²) in [6, 6.07) is 0.743. The van der Waals surface area contributed by atoms with E-state index in [1.165, 1.54) is 13.0 Å². The van der Waals surface area contributed by atoms with Crippen LogP contribution in [-0.4, -0.2) is 49.0 Å². The van der Waals surface area contributed by atoms with Crippen LogP contribution in [0.25, 0.3) is 0 Å². The fraction of sp³-hybridized carbons (Fsp3) is 1.00. The Morgan fingerprint density at radius 1 is 1.55 bits per heavy atom. The molecule has 1 unspecified atom stereocenters. The van der Waals surface area contributed by atoms with Gasteiger partial charge in [-0.15, -0.1) is 0 Å². The van der Waals surface area contributed by atoms with Crippen molar-refractivity contribution in [2.45, 2.75) is 19.4 Å². The van der Waals surface area contributed by atoms with Crippen molar-refractivity contribution in [1.82, 2.24) is 4.90 Å². The Morgan fingerprint density at radius 2 is 2.36 bits per heavy atom. The van der Waals surface area contributed by atoms with E-state index in [-0.39, 0.29) is 6.61 Å². The second-order valence-electron chi connectivity index (χ2n) is 3.01. The van der Waals surface area contributed by atoms with E-state index >= 15 is 0 Å². The summed E-state index contributed by atoms with van der Waals surface area (Å²) in [4.78, 5) is 2.39. The Kier molecular flexibility index (Phi) is 3.83. The van der Waals surface area contributed by atoms with Crippen molar-refractivity contribution in [3.05, 3.63) is 0 Å². The molecule has 0 bridgehead atoms. The zero-order chi connectivity index (χ0) is 8.10. The highest BCUT2D eigenvalue weighted by molar-refractivity contribution is 4.77. The largest absolute Gasteiger partial charge is 0.394 e. The van der Waals surface area contributed by atoms with Crippen LogP contribution in [0.15, 0.2) is 0 Å². The van der Waals surface area contributed by atoms with Crippen LogP contribution >= 0.6 is 0 Å². The minimum atomic E-state index is 0.134. The topological polar surface area (TPSA) is 32.7 Å². The molecule has 3 nitrogen and oxygen atoms in total. The van der Waals surface area contributed by atoms with Crippen molar-refractivity contribution in [1.29, 1.82) is 0 Å². The number of hydrogen-bond donors (Lipinski definition) is 1. The molecule has 0 amide bonds. The highest BCUT2D eigenvalue weighted by Gasteiger charge is 2.22. The fourth-order valence-electron chi connectivity index (χ4n) is 1.25. The highest BCUT2D eigenvalue weighted by atomic mass is 16.5. The molecule has 0 aliphatic carbocycles. The van der Waals surface area contributed by atoms with E-state index < -0.39 is 0 Å². The molecule has 0 saturated carbocycles. The smallest absolute Gasteiger partial charge is 0.0698 e. The van der Waals surface area contributed by atoms with Gasteiger partial charge in [-0.2, -0.15) is 0 Å². The average Bonchev–Trinajstić information content (AvgIpc) is 2.02. The third kappa shape index (κ3) is 2.77. The van der Waals surface area contributed by atoms with Crippen molar-refractivity contribution >= 4 is 0 Å². The first-order valence-electron chi connectivity index (χ1n) is 4.27. The van der Waals surface area contributed by atoms with Crippen molar-refractivity contribution in [3.63, 3.8) is 0 Å². The maximum Gasteiger partial charge on any atom is 0.0698 e. The second kappa shape index (κ2) is 4.70. The first kappa shape index (κ1) is 8.97. The van der Waals surface area contributed by atoms with Crippen LogP contribution in [0.2, 0.25) is 0 Å². The molecule has 1 rings (SSSR count). The molecule has 3 heteroatoms. The highest BCUT2D eigenvalue weighted by Crippen LogP contribution is 2.14. The number of aliphatic hydroxyl groups excluding tert-OH is 1. The SMILES string of the molecule is CC1CCN1CCOCCO. The first-order valence-corrected chi connectivity index (χ1v) is 4.27. The van der Waals surface area contributed by atoms with Crippen molar-refractivity contribution in [2.75, 3.05) is 32.9 Å². The fourth-order valence-corrected chi connectivity index (χ4v) is 1.25. The van der Waals surface area contributed by atoms with Gasteiger partial charge in [0, 0.05) is 12.6 Å². The predicted molar refractivity (Wildman–Crippen MR) is 43.6 cm³/mol. The standard InChI is InChI=1S/C8H17NO2/c1-8-2-3-9(8)4-6-11-7-5-10/h8,10H,2-7H2,1H3. The minimum absolute atomic E-state index is 0.134.